The minimum Gasteiger partial charge on any atom is -0.262 e. The van der Waals surface area contributed by atoms with Crippen LogP contribution in [0.15, 0.2) is 0 Å². The van der Waals surface area contributed by atoms with Gasteiger partial charge >= 0.3 is 26.4 Å². The van der Waals surface area contributed by atoms with Crippen LogP contribution in [0.1, 0.15) is 20.3 Å². The van der Waals surface area contributed by atoms with Crippen molar-refractivity contribution in [2.75, 3.05) is 0 Å². The molecule has 158 valence electrons. The van der Waals surface area contributed by atoms with Crippen LogP contribution in [-0.4, -0.2) is 52.2 Å². The Labute approximate surface area is 142 Å². The molecule has 0 aliphatic heterocycles. The molecule has 0 spiro atoms. The largest absolute Gasteiger partial charge is 0.498 e. The van der Waals surface area contributed by atoms with Crippen molar-refractivity contribution in [2.45, 2.75) is 47.2 Å². The smallest absolute Gasteiger partial charge is 0.262 e. The number of sulfone groups is 2. The highest BCUT2D eigenvalue weighted by Crippen LogP contribution is 2.38. The quantitative estimate of drug-likeness (QED) is 0.416. The molecule has 0 aromatic carbocycles. The van der Waals surface area contributed by atoms with Crippen LogP contribution in [0.5, 0.6) is 0 Å². The van der Waals surface area contributed by atoms with Crippen molar-refractivity contribution in [3.63, 3.8) is 0 Å². The second-order valence-corrected chi connectivity index (χ2v) is 11.2. The molecule has 0 radical (unpaired) electrons. The zero-order valence-corrected chi connectivity index (χ0v) is 14.9. The van der Waals surface area contributed by atoms with Gasteiger partial charge in [-0.05, 0) is 6.92 Å². The summed E-state index contributed by atoms with van der Waals surface area (Å²) in [7, 11) is -20.0. The van der Waals surface area contributed by atoms with Gasteiger partial charge in [0.2, 0.25) is 0 Å². The first kappa shape index (κ1) is 25.2. The van der Waals surface area contributed by atoms with Crippen molar-refractivity contribution in [1.29, 1.82) is 0 Å². The van der Waals surface area contributed by atoms with Gasteiger partial charge in [-0.1, -0.05) is 0 Å². The Balaban J connectivity index is 6.13. The van der Waals surface area contributed by atoms with Gasteiger partial charge in [0.05, 0.1) is 6.10 Å². The molecule has 0 N–H and O–H groups in total. The second kappa shape index (κ2) is 7.01. The van der Waals surface area contributed by atoms with Crippen molar-refractivity contribution in [1.82, 2.24) is 0 Å². The molecule has 0 aliphatic carbocycles. The van der Waals surface area contributed by atoms with E-state index in [4.69, 9.17) is 0 Å². The Morgan fingerprint density at radius 3 is 1.31 bits per heavy atom. The highest BCUT2D eigenvalue weighted by molar-refractivity contribution is 8.09. The SMILES string of the molecule is CC(CC(S(=O)(=O)C(F)(F)F)S(=O)(=O)C(F)(F)F)OS(=O)(=O)C(C)(F)F. The van der Waals surface area contributed by atoms with E-state index in [-0.39, 0.29) is 6.92 Å². The second-order valence-electron chi connectivity index (χ2n) is 4.82. The van der Waals surface area contributed by atoms with E-state index in [9.17, 15) is 60.4 Å². The maximum atomic E-state index is 12.7. The first-order chi connectivity index (χ1) is 11.0. The predicted octanol–water partition coefficient (Wildman–Crippen LogP) is 1.92. The van der Waals surface area contributed by atoms with Gasteiger partial charge in [0.25, 0.3) is 19.7 Å². The van der Waals surface area contributed by atoms with Crippen molar-refractivity contribution < 1.29 is 64.6 Å². The van der Waals surface area contributed by atoms with Gasteiger partial charge in [-0.2, -0.15) is 43.5 Å². The van der Waals surface area contributed by atoms with Gasteiger partial charge in [0, 0.05) is 13.3 Å². The van der Waals surface area contributed by atoms with Crippen LogP contribution in [0, 0.1) is 0 Å². The fourth-order valence-corrected chi connectivity index (χ4v) is 5.64. The third-order valence-electron chi connectivity index (χ3n) is 2.59. The number of rotatable bonds is 7. The minimum absolute atomic E-state index is 0.245. The molecule has 0 aliphatic rings. The average Bonchev–Trinajstić information content (AvgIpc) is 2.30. The van der Waals surface area contributed by atoms with E-state index < -0.39 is 63.2 Å². The third kappa shape index (κ3) is 5.16. The van der Waals surface area contributed by atoms with E-state index in [2.05, 4.69) is 4.18 Å². The van der Waals surface area contributed by atoms with Gasteiger partial charge in [-0.25, -0.2) is 16.8 Å². The topological polar surface area (TPSA) is 112 Å². The molecular weight excluding hydrogens is 456 g/mol. The van der Waals surface area contributed by atoms with E-state index in [1.165, 1.54) is 0 Å². The summed E-state index contributed by atoms with van der Waals surface area (Å²) in [5.41, 5.74) is -12.9. The molecular formula is C8H10F8O7S3. The van der Waals surface area contributed by atoms with E-state index in [1.807, 2.05) is 0 Å². The lowest BCUT2D eigenvalue weighted by atomic mass is 10.3. The predicted molar refractivity (Wildman–Crippen MR) is 68.4 cm³/mol. The lowest BCUT2D eigenvalue weighted by Crippen LogP contribution is -2.46. The molecule has 26 heavy (non-hydrogen) atoms. The molecule has 0 heterocycles. The maximum Gasteiger partial charge on any atom is 0.498 e. The normalized spacial score (nSPS) is 16.7. The summed E-state index contributed by atoms with van der Waals surface area (Å²) in [5, 5.41) is -4.65. The van der Waals surface area contributed by atoms with Crippen LogP contribution in [0.4, 0.5) is 35.1 Å². The maximum absolute atomic E-state index is 12.7. The van der Waals surface area contributed by atoms with E-state index >= 15 is 0 Å². The fourth-order valence-electron chi connectivity index (χ4n) is 1.33. The van der Waals surface area contributed by atoms with Crippen LogP contribution in [0.25, 0.3) is 0 Å². The van der Waals surface area contributed by atoms with Crippen LogP contribution >= 0.6 is 0 Å². The Kier molecular flexibility index (Phi) is 6.81. The highest BCUT2D eigenvalue weighted by Gasteiger charge is 2.63. The minimum atomic E-state index is -7.04. The van der Waals surface area contributed by atoms with Gasteiger partial charge in [-0.15, -0.1) is 0 Å². The summed E-state index contributed by atoms with van der Waals surface area (Å²) in [5.74, 6) is 0. The third-order valence-corrected chi connectivity index (χ3v) is 8.63. The van der Waals surface area contributed by atoms with E-state index in [0.29, 0.717) is 6.92 Å². The molecule has 0 aromatic rings. The summed E-state index contributed by atoms with van der Waals surface area (Å²) < 4.78 is 166. The van der Waals surface area contributed by atoms with Crippen molar-refractivity contribution in [2.24, 2.45) is 0 Å². The number of hydrogen-bond acceptors (Lipinski definition) is 7. The van der Waals surface area contributed by atoms with Crippen molar-refractivity contribution in [3.8, 4) is 0 Å². The molecule has 0 fully saturated rings. The summed E-state index contributed by atoms with van der Waals surface area (Å²) >= 11 is 0. The highest BCUT2D eigenvalue weighted by atomic mass is 32.3. The monoisotopic (exact) mass is 466 g/mol. The van der Waals surface area contributed by atoms with Gasteiger partial charge in [-0.3, -0.25) is 4.18 Å². The summed E-state index contributed by atoms with van der Waals surface area (Å²) in [6.45, 7) is 0.0551. The van der Waals surface area contributed by atoms with Crippen LogP contribution < -0.4 is 0 Å². The Morgan fingerprint density at radius 2 is 1.08 bits per heavy atom. The van der Waals surface area contributed by atoms with Crippen molar-refractivity contribution >= 4 is 29.8 Å². The first-order valence-corrected chi connectivity index (χ1v) is 10.4. The average molecular weight is 466 g/mol. The zero-order chi connectivity index (χ0) is 21.6. The van der Waals surface area contributed by atoms with E-state index in [0.717, 1.165) is 0 Å². The molecule has 0 amide bonds. The van der Waals surface area contributed by atoms with Crippen LogP contribution in [0.3, 0.4) is 0 Å². The number of alkyl halides is 8. The number of halogens is 8. The molecule has 0 bridgehead atoms. The van der Waals surface area contributed by atoms with Crippen LogP contribution in [0.2, 0.25) is 0 Å². The molecule has 7 nitrogen and oxygen atoms in total. The molecule has 0 rings (SSSR count). The van der Waals surface area contributed by atoms with Gasteiger partial charge in [0.15, 0.2) is 4.58 Å². The molecule has 0 aromatic heterocycles. The Bertz CT molecular complexity index is 773. The molecule has 1 atom stereocenters. The first-order valence-electron chi connectivity index (χ1n) is 5.89. The molecule has 1 unspecified atom stereocenters. The summed E-state index contributed by atoms with van der Waals surface area (Å²) in [4.78, 5) is 0. The van der Waals surface area contributed by atoms with Crippen LogP contribution in [-0.2, 0) is 34.0 Å². The Morgan fingerprint density at radius 1 is 0.769 bits per heavy atom. The summed E-state index contributed by atoms with van der Waals surface area (Å²) in [6, 6.07) is 0. The molecule has 18 heteroatoms. The zero-order valence-electron chi connectivity index (χ0n) is 12.5. The number of hydrogen-bond donors (Lipinski definition) is 0. The summed E-state index contributed by atoms with van der Waals surface area (Å²) in [6.07, 6.45) is -4.83. The molecule has 0 saturated heterocycles. The fraction of sp³-hybridized carbons (Fsp3) is 1.00. The van der Waals surface area contributed by atoms with E-state index in [1.54, 1.807) is 0 Å². The lowest BCUT2D eigenvalue weighted by molar-refractivity contribution is -0.0475. The van der Waals surface area contributed by atoms with Gasteiger partial charge < -0.3 is 0 Å². The standard InChI is InChI=1S/C8H10F8O7S3/c1-4(23-26(21,22)6(2,9)10)3-5(24(17,18)7(11,12)13)25(19,20)8(14,15)16/h4-5H,3H2,1-2H3. The van der Waals surface area contributed by atoms with Gasteiger partial charge in [0.1, 0.15) is 0 Å². The molecule has 0 saturated carbocycles. The lowest BCUT2D eigenvalue weighted by Gasteiger charge is -2.24. The van der Waals surface area contributed by atoms with Crippen molar-refractivity contribution in [3.05, 3.63) is 0 Å². The Hall–Kier alpha value is -0.750.